The van der Waals surface area contributed by atoms with Gasteiger partial charge in [-0.15, -0.1) is 0 Å². The average molecular weight is 277 g/mol. The molecule has 0 spiro atoms. The molecular formula is C15H19NO4. The first-order valence-electron chi connectivity index (χ1n) is 6.97. The molecule has 2 fully saturated rings. The minimum Gasteiger partial charge on any atom is -0.445 e. The van der Waals surface area contributed by atoms with Gasteiger partial charge in [0.2, 0.25) is 0 Å². The van der Waals surface area contributed by atoms with Gasteiger partial charge in [0.05, 0.1) is 12.2 Å². The largest absolute Gasteiger partial charge is 0.445 e. The molecule has 108 valence electrons. The SMILES string of the molecule is O=C(OCc1ccccc1)N1CCC(O)(C2CO2)CC1. The van der Waals surface area contributed by atoms with Gasteiger partial charge in [0, 0.05) is 13.1 Å². The number of aliphatic hydroxyl groups is 1. The minimum absolute atomic E-state index is 0.0370. The number of carbonyl (C=O) groups is 1. The molecule has 1 N–H and O–H groups in total. The van der Waals surface area contributed by atoms with E-state index in [1.165, 1.54) is 0 Å². The fourth-order valence-electron chi connectivity index (χ4n) is 2.57. The lowest BCUT2D eigenvalue weighted by Gasteiger charge is -2.36. The number of epoxide rings is 1. The zero-order valence-corrected chi connectivity index (χ0v) is 11.3. The first kappa shape index (κ1) is 13.4. The Bertz CT molecular complexity index is 464. The second kappa shape index (κ2) is 5.42. The highest BCUT2D eigenvalue weighted by molar-refractivity contribution is 5.67. The van der Waals surface area contributed by atoms with Gasteiger partial charge in [0.1, 0.15) is 12.7 Å². The summed E-state index contributed by atoms with van der Waals surface area (Å²) in [5, 5.41) is 10.3. The van der Waals surface area contributed by atoms with Crippen molar-refractivity contribution in [2.45, 2.75) is 31.2 Å². The molecule has 1 atom stereocenters. The maximum absolute atomic E-state index is 12.0. The van der Waals surface area contributed by atoms with Crippen LogP contribution in [-0.4, -0.2) is 47.5 Å². The molecule has 0 bridgehead atoms. The molecule has 1 unspecified atom stereocenters. The molecule has 2 aliphatic heterocycles. The number of piperidine rings is 1. The van der Waals surface area contributed by atoms with Crippen molar-refractivity contribution in [2.24, 2.45) is 0 Å². The Morgan fingerprint density at radius 3 is 2.60 bits per heavy atom. The summed E-state index contributed by atoms with van der Waals surface area (Å²) >= 11 is 0. The summed E-state index contributed by atoms with van der Waals surface area (Å²) in [6.45, 7) is 1.95. The second-order valence-electron chi connectivity index (χ2n) is 5.45. The van der Waals surface area contributed by atoms with E-state index in [9.17, 15) is 9.90 Å². The normalized spacial score (nSPS) is 24.2. The van der Waals surface area contributed by atoms with Gasteiger partial charge >= 0.3 is 6.09 Å². The number of benzene rings is 1. The number of hydrogen-bond donors (Lipinski definition) is 1. The van der Waals surface area contributed by atoms with E-state index in [4.69, 9.17) is 9.47 Å². The van der Waals surface area contributed by atoms with Crippen molar-refractivity contribution < 1.29 is 19.4 Å². The maximum Gasteiger partial charge on any atom is 0.410 e. The van der Waals surface area contributed by atoms with Crippen LogP contribution >= 0.6 is 0 Å². The predicted octanol–water partition coefficient (Wildman–Crippen LogP) is 1.55. The average Bonchev–Trinajstić information content (AvgIpc) is 3.32. The molecule has 1 amide bonds. The molecule has 2 saturated heterocycles. The lowest BCUT2D eigenvalue weighted by molar-refractivity contribution is -0.0401. The number of carbonyl (C=O) groups excluding carboxylic acids is 1. The Balaban J connectivity index is 1.47. The molecule has 0 aromatic heterocycles. The van der Waals surface area contributed by atoms with Crippen molar-refractivity contribution in [3.8, 4) is 0 Å². The second-order valence-corrected chi connectivity index (χ2v) is 5.45. The molecule has 0 saturated carbocycles. The molecule has 5 heteroatoms. The van der Waals surface area contributed by atoms with E-state index in [2.05, 4.69) is 0 Å². The molecule has 0 aliphatic carbocycles. The maximum atomic E-state index is 12.0. The van der Waals surface area contributed by atoms with Gasteiger partial charge in [-0.2, -0.15) is 0 Å². The fraction of sp³-hybridized carbons (Fsp3) is 0.533. The van der Waals surface area contributed by atoms with Crippen molar-refractivity contribution in [1.82, 2.24) is 4.90 Å². The minimum atomic E-state index is -0.754. The predicted molar refractivity (Wildman–Crippen MR) is 72.1 cm³/mol. The molecule has 5 nitrogen and oxygen atoms in total. The highest BCUT2D eigenvalue weighted by Gasteiger charge is 2.47. The van der Waals surface area contributed by atoms with Crippen LogP contribution in [0, 0.1) is 0 Å². The standard InChI is InChI=1S/C15H19NO4/c17-14(20-10-12-4-2-1-3-5-12)16-8-6-15(18,7-9-16)13-11-19-13/h1-5,13,18H,6-11H2. The van der Waals surface area contributed by atoms with Crippen LogP contribution in [0.2, 0.25) is 0 Å². The first-order valence-corrected chi connectivity index (χ1v) is 6.97. The summed E-state index contributed by atoms with van der Waals surface area (Å²) in [6.07, 6.45) is 0.758. The Hall–Kier alpha value is -1.59. The van der Waals surface area contributed by atoms with Crippen LogP contribution in [0.15, 0.2) is 30.3 Å². The Kier molecular flexibility index (Phi) is 3.63. The van der Waals surface area contributed by atoms with E-state index in [1.807, 2.05) is 30.3 Å². The van der Waals surface area contributed by atoms with E-state index in [0.717, 1.165) is 5.56 Å². The summed E-state index contributed by atoms with van der Waals surface area (Å²) in [7, 11) is 0. The van der Waals surface area contributed by atoms with Crippen LogP contribution in [0.5, 0.6) is 0 Å². The van der Waals surface area contributed by atoms with Crippen LogP contribution in [0.3, 0.4) is 0 Å². The van der Waals surface area contributed by atoms with E-state index in [0.29, 0.717) is 32.5 Å². The summed E-state index contributed by atoms with van der Waals surface area (Å²) in [5.74, 6) is 0. The van der Waals surface area contributed by atoms with E-state index in [-0.39, 0.29) is 18.8 Å². The van der Waals surface area contributed by atoms with Gasteiger partial charge in [0.15, 0.2) is 0 Å². The molecular weight excluding hydrogens is 258 g/mol. The van der Waals surface area contributed by atoms with Crippen LogP contribution in [0.25, 0.3) is 0 Å². The highest BCUT2D eigenvalue weighted by atomic mass is 16.6. The molecule has 20 heavy (non-hydrogen) atoms. The zero-order chi connectivity index (χ0) is 14.0. The third-order valence-electron chi connectivity index (χ3n) is 4.03. The van der Waals surface area contributed by atoms with E-state index in [1.54, 1.807) is 4.90 Å². The summed E-state index contributed by atoms with van der Waals surface area (Å²) < 4.78 is 10.5. The molecule has 1 aromatic carbocycles. The Morgan fingerprint density at radius 1 is 1.35 bits per heavy atom. The van der Waals surface area contributed by atoms with Gasteiger partial charge in [-0.3, -0.25) is 0 Å². The molecule has 1 aromatic rings. The Labute approximate surface area is 118 Å². The number of hydrogen-bond acceptors (Lipinski definition) is 4. The van der Waals surface area contributed by atoms with Crippen LogP contribution in [0.1, 0.15) is 18.4 Å². The zero-order valence-electron chi connectivity index (χ0n) is 11.3. The number of nitrogens with zero attached hydrogens (tertiary/aromatic N) is 1. The van der Waals surface area contributed by atoms with Crippen LogP contribution < -0.4 is 0 Å². The fourth-order valence-corrected chi connectivity index (χ4v) is 2.57. The van der Waals surface area contributed by atoms with Crippen molar-refractivity contribution in [3.05, 3.63) is 35.9 Å². The molecule has 0 radical (unpaired) electrons. The van der Waals surface area contributed by atoms with Gasteiger partial charge in [-0.25, -0.2) is 4.79 Å². The van der Waals surface area contributed by atoms with Crippen molar-refractivity contribution in [3.63, 3.8) is 0 Å². The van der Waals surface area contributed by atoms with E-state index >= 15 is 0 Å². The number of rotatable bonds is 3. The monoisotopic (exact) mass is 277 g/mol. The van der Waals surface area contributed by atoms with Crippen LogP contribution in [0.4, 0.5) is 4.79 Å². The lowest BCUT2D eigenvalue weighted by Crippen LogP contribution is -2.49. The summed E-state index contributed by atoms with van der Waals surface area (Å²) in [4.78, 5) is 13.6. The topological polar surface area (TPSA) is 62.3 Å². The number of ether oxygens (including phenoxy) is 2. The van der Waals surface area contributed by atoms with Crippen molar-refractivity contribution >= 4 is 6.09 Å². The molecule has 2 aliphatic rings. The van der Waals surface area contributed by atoms with Gasteiger partial charge in [0.25, 0.3) is 0 Å². The smallest absolute Gasteiger partial charge is 0.410 e. The molecule has 2 heterocycles. The highest BCUT2D eigenvalue weighted by Crippen LogP contribution is 2.34. The number of amides is 1. The molecule has 3 rings (SSSR count). The van der Waals surface area contributed by atoms with Crippen molar-refractivity contribution in [1.29, 1.82) is 0 Å². The Morgan fingerprint density at radius 2 is 2.00 bits per heavy atom. The van der Waals surface area contributed by atoms with Crippen molar-refractivity contribution in [2.75, 3.05) is 19.7 Å². The summed E-state index contributed by atoms with van der Waals surface area (Å²) in [5.41, 5.74) is 0.219. The van der Waals surface area contributed by atoms with Gasteiger partial charge in [-0.05, 0) is 18.4 Å². The third kappa shape index (κ3) is 2.94. The third-order valence-corrected chi connectivity index (χ3v) is 4.03. The quantitative estimate of drug-likeness (QED) is 0.851. The van der Waals surface area contributed by atoms with Gasteiger partial charge < -0.3 is 19.5 Å². The summed E-state index contributed by atoms with van der Waals surface area (Å²) in [6, 6.07) is 9.61. The van der Waals surface area contributed by atoms with Crippen LogP contribution in [-0.2, 0) is 16.1 Å². The van der Waals surface area contributed by atoms with E-state index < -0.39 is 5.60 Å². The first-order chi connectivity index (χ1) is 9.67. The number of likely N-dealkylation sites (tertiary alicyclic amines) is 1. The van der Waals surface area contributed by atoms with Gasteiger partial charge in [-0.1, -0.05) is 30.3 Å². The lowest BCUT2D eigenvalue weighted by atomic mass is 9.88.